The number of nitrogens with zero attached hydrogens (tertiary/aromatic N) is 2. The Hall–Kier alpha value is -1.69. The molecule has 0 atom stereocenters. The monoisotopic (exact) mass is 243 g/mol. The summed E-state index contributed by atoms with van der Waals surface area (Å²) in [6.07, 6.45) is 1.01. The summed E-state index contributed by atoms with van der Waals surface area (Å²) in [6, 6.07) is 1.02. The van der Waals surface area contributed by atoms with Gasteiger partial charge in [0.05, 0.1) is 10.5 Å². The van der Waals surface area contributed by atoms with Crippen LogP contribution in [0.25, 0.3) is 0 Å². The van der Waals surface area contributed by atoms with E-state index in [9.17, 15) is 14.9 Å². The number of rotatable bonds is 3. The normalized spacial score (nSPS) is 10.2. The number of nitro groups is 1. The highest BCUT2D eigenvalue weighted by atomic mass is 35.5. The fourth-order valence-corrected chi connectivity index (χ4v) is 1.23. The summed E-state index contributed by atoms with van der Waals surface area (Å²) in [4.78, 5) is 25.1. The van der Waals surface area contributed by atoms with Gasteiger partial charge in [0.25, 0.3) is 11.6 Å². The highest BCUT2D eigenvalue weighted by molar-refractivity contribution is 6.32. The topological polar surface area (TPSA) is 85.1 Å². The molecule has 0 aliphatic carbocycles. The van der Waals surface area contributed by atoms with Gasteiger partial charge in [0.2, 0.25) is 0 Å². The molecule has 7 heteroatoms. The minimum Gasteiger partial charge on any atom is -0.350 e. The van der Waals surface area contributed by atoms with Crippen LogP contribution in [0.1, 0.15) is 24.2 Å². The van der Waals surface area contributed by atoms with Gasteiger partial charge in [-0.2, -0.15) is 0 Å². The molecule has 1 amide bonds. The molecule has 1 aromatic heterocycles. The van der Waals surface area contributed by atoms with E-state index < -0.39 is 10.8 Å². The second-order valence-electron chi connectivity index (χ2n) is 3.42. The Morgan fingerprint density at radius 3 is 2.75 bits per heavy atom. The zero-order chi connectivity index (χ0) is 12.3. The molecule has 0 saturated heterocycles. The van der Waals surface area contributed by atoms with Gasteiger partial charge in [-0.05, 0) is 13.8 Å². The molecule has 0 aliphatic heterocycles. The largest absolute Gasteiger partial charge is 0.350 e. The number of pyridine rings is 1. The molecule has 1 N–H and O–H groups in total. The summed E-state index contributed by atoms with van der Waals surface area (Å²) >= 11 is 5.68. The number of carbonyl (C=O) groups is 1. The number of nitrogens with one attached hydrogen (secondary N) is 1. The predicted molar refractivity (Wildman–Crippen MR) is 58.5 cm³/mol. The van der Waals surface area contributed by atoms with Crippen LogP contribution in [-0.4, -0.2) is 21.9 Å². The van der Waals surface area contributed by atoms with Gasteiger partial charge in [0.15, 0.2) is 0 Å². The summed E-state index contributed by atoms with van der Waals surface area (Å²) in [7, 11) is 0. The summed E-state index contributed by atoms with van der Waals surface area (Å²) in [6.45, 7) is 3.55. The molecule has 0 bridgehead atoms. The minimum atomic E-state index is -0.629. The number of aromatic nitrogens is 1. The average molecular weight is 244 g/mol. The highest BCUT2D eigenvalue weighted by Crippen LogP contribution is 2.18. The maximum atomic E-state index is 11.6. The lowest BCUT2D eigenvalue weighted by Gasteiger charge is -2.08. The van der Waals surface area contributed by atoms with Crippen molar-refractivity contribution in [1.29, 1.82) is 0 Å². The lowest BCUT2D eigenvalue weighted by molar-refractivity contribution is -0.385. The van der Waals surface area contributed by atoms with Crippen LogP contribution >= 0.6 is 11.6 Å². The number of amides is 1. The third-order valence-corrected chi connectivity index (χ3v) is 2.00. The van der Waals surface area contributed by atoms with Gasteiger partial charge >= 0.3 is 0 Å². The second kappa shape index (κ2) is 4.89. The van der Waals surface area contributed by atoms with Crippen molar-refractivity contribution in [3.8, 4) is 0 Å². The molecule has 6 nitrogen and oxygen atoms in total. The Kier molecular flexibility index (Phi) is 3.78. The van der Waals surface area contributed by atoms with Crippen molar-refractivity contribution in [1.82, 2.24) is 10.3 Å². The molecule has 1 aromatic rings. The van der Waals surface area contributed by atoms with E-state index >= 15 is 0 Å². The first kappa shape index (κ1) is 12.4. The van der Waals surface area contributed by atoms with Gasteiger partial charge in [-0.1, -0.05) is 11.6 Å². The lowest BCUT2D eigenvalue weighted by Crippen LogP contribution is -2.30. The van der Waals surface area contributed by atoms with Crippen molar-refractivity contribution in [2.75, 3.05) is 0 Å². The van der Waals surface area contributed by atoms with Gasteiger partial charge in [-0.3, -0.25) is 14.9 Å². The van der Waals surface area contributed by atoms with Crippen LogP contribution in [0.5, 0.6) is 0 Å². The van der Waals surface area contributed by atoms with Gasteiger partial charge in [0.1, 0.15) is 11.3 Å². The Morgan fingerprint density at radius 2 is 2.25 bits per heavy atom. The molecule has 16 heavy (non-hydrogen) atoms. The zero-order valence-corrected chi connectivity index (χ0v) is 9.49. The maximum Gasteiger partial charge on any atom is 0.288 e. The molecule has 1 heterocycles. The molecule has 86 valence electrons. The van der Waals surface area contributed by atoms with Crippen LogP contribution in [0.2, 0.25) is 5.15 Å². The minimum absolute atomic E-state index is 0.00423. The van der Waals surface area contributed by atoms with Crippen molar-refractivity contribution in [2.24, 2.45) is 0 Å². The van der Waals surface area contributed by atoms with Crippen LogP contribution in [0, 0.1) is 10.1 Å². The van der Waals surface area contributed by atoms with Gasteiger partial charge < -0.3 is 5.32 Å². The van der Waals surface area contributed by atoms with Crippen LogP contribution in [0.4, 0.5) is 5.69 Å². The van der Waals surface area contributed by atoms with Crippen molar-refractivity contribution < 1.29 is 9.72 Å². The third-order valence-electron chi connectivity index (χ3n) is 1.70. The molecule has 0 aromatic carbocycles. The number of hydrogen-bond acceptors (Lipinski definition) is 4. The average Bonchev–Trinajstić information content (AvgIpc) is 2.16. The summed E-state index contributed by atoms with van der Waals surface area (Å²) in [5.41, 5.74) is -0.261. The molecular weight excluding hydrogens is 234 g/mol. The Bertz CT molecular complexity index is 434. The molecule has 0 unspecified atom stereocenters. The van der Waals surface area contributed by atoms with E-state index in [2.05, 4.69) is 10.3 Å². The number of halogens is 1. The van der Waals surface area contributed by atoms with Crippen molar-refractivity contribution in [3.05, 3.63) is 33.1 Å². The summed E-state index contributed by atoms with van der Waals surface area (Å²) in [5, 5.41) is 13.0. The first-order valence-electron chi connectivity index (χ1n) is 4.52. The SMILES string of the molecule is CC(C)NC(=O)c1cc([N+](=O)[O-])cnc1Cl. The smallest absolute Gasteiger partial charge is 0.288 e. The fourth-order valence-electron chi connectivity index (χ4n) is 1.04. The number of carbonyl (C=O) groups excluding carboxylic acids is 1. The third kappa shape index (κ3) is 2.90. The Labute approximate surface area is 96.8 Å². The fraction of sp³-hybridized carbons (Fsp3) is 0.333. The van der Waals surface area contributed by atoms with E-state index in [-0.39, 0.29) is 22.4 Å². The van der Waals surface area contributed by atoms with E-state index in [0.29, 0.717) is 0 Å². The maximum absolute atomic E-state index is 11.6. The molecule has 0 saturated carbocycles. The molecule has 0 spiro atoms. The second-order valence-corrected chi connectivity index (χ2v) is 3.78. The van der Waals surface area contributed by atoms with E-state index in [0.717, 1.165) is 12.3 Å². The van der Waals surface area contributed by atoms with Crippen molar-refractivity contribution >= 4 is 23.2 Å². The lowest BCUT2D eigenvalue weighted by atomic mass is 10.2. The van der Waals surface area contributed by atoms with Gasteiger partial charge in [0, 0.05) is 12.1 Å². The van der Waals surface area contributed by atoms with E-state index in [1.165, 1.54) is 0 Å². The summed E-state index contributed by atoms with van der Waals surface area (Å²) in [5.74, 6) is -0.476. The van der Waals surface area contributed by atoms with Crippen molar-refractivity contribution in [3.63, 3.8) is 0 Å². The van der Waals surface area contributed by atoms with Crippen LogP contribution in [-0.2, 0) is 0 Å². The van der Waals surface area contributed by atoms with Crippen LogP contribution in [0.3, 0.4) is 0 Å². The zero-order valence-electron chi connectivity index (χ0n) is 8.73. The van der Waals surface area contributed by atoms with Crippen molar-refractivity contribution in [2.45, 2.75) is 19.9 Å². The van der Waals surface area contributed by atoms with Crippen LogP contribution < -0.4 is 5.32 Å². The van der Waals surface area contributed by atoms with Gasteiger partial charge in [-0.25, -0.2) is 4.98 Å². The number of hydrogen-bond donors (Lipinski definition) is 1. The molecule has 0 aliphatic rings. The quantitative estimate of drug-likeness (QED) is 0.498. The molecule has 0 radical (unpaired) electrons. The Morgan fingerprint density at radius 1 is 1.62 bits per heavy atom. The Balaban J connectivity index is 3.07. The first-order chi connectivity index (χ1) is 7.41. The summed E-state index contributed by atoms with van der Waals surface area (Å²) < 4.78 is 0. The predicted octanol–water partition coefficient (Wildman–Crippen LogP) is 1.78. The van der Waals surface area contributed by atoms with E-state index in [4.69, 9.17) is 11.6 Å². The van der Waals surface area contributed by atoms with E-state index in [1.807, 2.05) is 0 Å². The standard InChI is InChI=1S/C9H10ClN3O3/c1-5(2)12-9(14)7-3-6(13(15)16)4-11-8(7)10/h3-5H,1-2H3,(H,12,14). The van der Waals surface area contributed by atoms with Gasteiger partial charge in [-0.15, -0.1) is 0 Å². The van der Waals surface area contributed by atoms with E-state index in [1.54, 1.807) is 13.8 Å². The molecule has 1 rings (SSSR count). The highest BCUT2D eigenvalue weighted by Gasteiger charge is 2.17. The molecular formula is C9H10ClN3O3. The van der Waals surface area contributed by atoms with Crippen LogP contribution in [0.15, 0.2) is 12.3 Å². The first-order valence-corrected chi connectivity index (χ1v) is 4.90. The molecule has 0 fully saturated rings.